The van der Waals surface area contributed by atoms with Gasteiger partial charge in [0.1, 0.15) is 29.8 Å². The minimum atomic E-state index is 0.333. The zero-order chi connectivity index (χ0) is 21.3. The van der Waals surface area contributed by atoms with Crippen LogP contribution in [-0.4, -0.2) is 4.98 Å². The average Bonchev–Trinajstić information content (AvgIpc) is 2.73. The number of anilines is 1. The van der Waals surface area contributed by atoms with Gasteiger partial charge < -0.3 is 10.5 Å². The normalized spacial score (nSPS) is 12.9. The highest BCUT2D eigenvalue weighted by Crippen LogP contribution is 2.38. The summed E-state index contributed by atoms with van der Waals surface area (Å²) < 4.78 is 7.01. The first-order valence-electron chi connectivity index (χ1n) is 10.2. The Morgan fingerprint density at radius 3 is 2.67 bits per heavy atom. The van der Waals surface area contributed by atoms with Crippen LogP contribution in [0.25, 0.3) is 11.1 Å². The van der Waals surface area contributed by atoms with Crippen LogP contribution >= 0.6 is 15.9 Å². The molecule has 1 heterocycles. The number of nitrogens with two attached hydrogens (primary N) is 1. The molecule has 0 saturated heterocycles. The molecule has 0 atom stereocenters. The van der Waals surface area contributed by atoms with Crippen LogP contribution in [0.15, 0.2) is 40.9 Å². The summed E-state index contributed by atoms with van der Waals surface area (Å²) in [5.41, 5.74) is 14.3. The summed E-state index contributed by atoms with van der Waals surface area (Å²) in [4.78, 5) is 4.55. The van der Waals surface area contributed by atoms with E-state index >= 15 is 0 Å². The van der Waals surface area contributed by atoms with Crippen molar-refractivity contribution in [1.29, 1.82) is 5.26 Å². The summed E-state index contributed by atoms with van der Waals surface area (Å²) in [6, 6.07) is 14.5. The average molecular weight is 462 g/mol. The summed E-state index contributed by atoms with van der Waals surface area (Å²) in [5, 5.41) is 9.86. The number of nitriles is 1. The summed E-state index contributed by atoms with van der Waals surface area (Å²) in [6.07, 6.45) is 4.08. The Morgan fingerprint density at radius 2 is 1.90 bits per heavy atom. The monoisotopic (exact) mass is 461 g/mol. The van der Waals surface area contributed by atoms with Crippen LogP contribution in [0, 0.1) is 25.2 Å². The molecule has 5 heteroatoms. The van der Waals surface area contributed by atoms with Crippen molar-refractivity contribution in [2.75, 3.05) is 5.73 Å². The van der Waals surface area contributed by atoms with Crippen molar-refractivity contribution in [3.63, 3.8) is 0 Å². The van der Waals surface area contributed by atoms with Crippen LogP contribution in [0.4, 0.5) is 5.82 Å². The lowest BCUT2D eigenvalue weighted by molar-refractivity contribution is 0.303. The minimum absolute atomic E-state index is 0.333. The van der Waals surface area contributed by atoms with Crippen molar-refractivity contribution in [1.82, 2.24) is 4.98 Å². The van der Waals surface area contributed by atoms with Gasteiger partial charge in [0.2, 0.25) is 0 Å². The van der Waals surface area contributed by atoms with Crippen LogP contribution in [0.2, 0.25) is 0 Å². The first-order valence-corrected chi connectivity index (χ1v) is 11.0. The van der Waals surface area contributed by atoms with Crippen LogP contribution in [0.1, 0.15) is 46.4 Å². The number of nitrogen functional groups attached to an aromatic ring is 1. The van der Waals surface area contributed by atoms with Gasteiger partial charge in [0.05, 0.1) is 4.47 Å². The highest BCUT2D eigenvalue weighted by molar-refractivity contribution is 9.10. The number of benzene rings is 2. The van der Waals surface area contributed by atoms with E-state index in [1.54, 1.807) is 0 Å². The lowest BCUT2D eigenvalue weighted by atomic mass is 9.84. The number of nitrogens with zero attached hydrogens (tertiary/aromatic N) is 2. The van der Waals surface area contributed by atoms with Crippen LogP contribution < -0.4 is 10.5 Å². The number of rotatable bonds is 4. The number of pyridine rings is 1. The van der Waals surface area contributed by atoms with Crippen molar-refractivity contribution in [3.8, 4) is 22.9 Å². The molecule has 0 unspecified atom stereocenters. The summed E-state index contributed by atoms with van der Waals surface area (Å²) in [6.45, 7) is 4.64. The van der Waals surface area contributed by atoms with E-state index < -0.39 is 0 Å². The predicted molar refractivity (Wildman–Crippen MR) is 123 cm³/mol. The maximum atomic E-state index is 9.86. The topological polar surface area (TPSA) is 71.9 Å². The van der Waals surface area contributed by atoms with Crippen LogP contribution in [0.3, 0.4) is 0 Å². The number of aromatic nitrogens is 1. The minimum Gasteiger partial charge on any atom is -0.488 e. The fourth-order valence-corrected chi connectivity index (χ4v) is 4.61. The van der Waals surface area contributed by atoms with Gasteiger partial charge in [-0.05, 0) is 101 Å². The molecule has 2 aromatic carbocycles. The van der Waals surface area contributed by atoms with E-state index in [1.165, 1.54) is 5.56 Å². The first kappa shape index (κ1) is 20.4. The molecule has 0 bridgehead atoms. The number of fused-ring (bicyclic) bond motifs is 1. The van der Waals surface area contributed by atoms with Gasteiger partial charge in [0.15, 0.2) is 0 Å². The third kappa shape index (κ3) is 3.80. The zero-order valence-electron chi connectivity index (χ0n) is 17.3. The molecule has 3 aromatic rings. The van der Waals surface area contributed by atoms with Gasteiger partial charge in [-0.15, -0.1) is 0 Å². The molecule has 0 saturated carbocycles. The fourth-order valence-electron chi connectivity index (χ4n) is 4.21. The Kier molecular flexibility index (Phi) is 5.78. The molecule has 2 N–H and O–H groups in total. The quantitative estimate of drug-likeness (QED) is 0.513. The van der Waals surface area contributed by atoms with Gasteiger partial charge in [-0.1, -0.05) is 18.2 Å². The molecule has 0 amide bonds. The standard InChI is InChI=1S/C25H24BrN3O/c1-15-11-16(2)19(12-17(15)14-30-23-10-6-4-8-21(23)26)24-18-7-3-5-9-22(18)29-25(28)20(24)13-27/h4,6,8,10-12H,3,5,7,9,14H2,1-2H3,(H2,28,29). The molecule has 1 aliphatic rings. The third-order valence-electron chi connectivity index (χ3n) is 5.79. The van der Waals surface area contributed by atoms with E-state index in [1.807, 2.05) is 24.3 Å². The van der Waals surface area contributed by atoms with Crippen molar-refractivity contribution < 1.29 is 4.74 Å². The molecule has 30 heavy (non-hydrogen) atoms. The van der Waals surface area contributed by atoms with Gasteiger partial charge in [-0.3, -0.25) is 0 Å². The van der Waals surface area contributed by atoms with Gasteiger partial charge >= 0.3 is 0 Å². The number of ether oxygens (including phenoxy) is 1. The Hall–Kier alpha value is -2.84. The summed E-state index contributed by atoms with van der Waals surface area (Å²) >= 11 is 3.54. The first-order chi connectivity index (χ1) is 14.5. The van der Waals surface area contributed by atoms with Crippen molar-refractivity contribution in [3.05, 3.63) is 74.4 Å². The molecule has 152 valence electrons. The van der Waals surface area contributed by atoms with E-state index in [0.29, 0.717) is 18.0 Å². The number of halogens is 1. The largest absolute Gasteiger partial charge is 0.488 e. The second-order valence-corrected chi connectivity index (χ2v) is 8.66. The maximum Gasteiger partial charge on any atom is 0.142 e. The second kappa shape index (κ2) is 8.49. The van der Waals surface area contributed by atoms with Crippen LogP contribution in [-0.2, 0) is 19.4 Å². The fraction of sp³-hybridized carbons (Fsp3) is 0.280. The SMILES string of the molecule is Cc1cc(C)c(-c2c(C#N)c(N)nc3c2CCCC3)cc1COc1ccccc1Br. The highest BCUT2D eigenvalue weighted by Gasteiger charge is 2.23. The number of hydrogen-bond acceptors (Lipinski definition) is 4. The number of hydrogen-bond donors (Lipinski definition) is 1. The molecule has 0 aliphatic heterocycles. The third-order valence-corrected chi connectivity index (χ3v) is 6.44. The molecular weight excluding hydrogens is 438 g/mol. The second-order valence-electron chi connectivity index (χ2n) is 7.80. The molecule has 0 spiro atoms. The molecule has 1 aliphatic carbocycles. The molecule has 0 fully saturated rings. The summed E-state index contributed by atoms with van der Waals surface area (Å²) in [5.74, 6) is 1.14. The van der Waals surface area contributed by atoms with E-state index in [0.717, 1.165) is 69.4 Å². The Labute approximate surface area is 185 Å². The van der Waals surface area contributed by atoms with Gasteiger partial charge in [0, 0.05) is 11.3 Å². The van der Waals surface area contributed by atoms with Crippen LogP contribution in [0.5, 0.6) is 5.75 Å². The zero-order valence-corrected chi connectivity index (χ0v) is 18.8. The molecule has 4 nitrogen and oxygen atoms in total. The lowest BCUT2D eigenvalue weighted by Gasteiger charge is -2.23. The Balaban J connectivity index is 1.81. The van der Waals surface area contributed by atoms with Crippen molar-refractivity contribution in [2.24, 2.45) is 0 Å². The van der Waals surface area contributed by atoms with Gasteiger partial charge in [0.25, 0.3) is 0 Å². The molecule has 1 aromatic heterocycles. The maximum absolute atomic E-state index is 9.86. The lowest BCUT2D eigenvalue weighted by Crippen LogP contribution is -2.12. The Morgan fingerprint density at radius 1 is 1.13 bits per heavy atom. The highest BCUT2D eigenvalue weighted by atomic mass is 79.9. The van der Waals surface area contributed by atoms with Gasteiger partial charge in [-0.2, -0.15) is 5.26 Å². The van der Waals surface area contributed by atoms with E-state index in [9.17, 15) is 5.26 Å². The molecule has 4 rings (SSSR count). The predicted octanol–water partition coefficient (Wildman–Crippen LogP) is 6.04. The van der Waals surface area contributed by atoms with E-state index in [2.05, 4.69) is 53.0 Å². The van der Waals surface area contributed by atoms with Crippen molar-refractivity contribution in [2.45, 2.75) is 46.1 Å². The molecular formula is C25H24BrN3O. The van der Waals surface area contributed by atoms with Gasteiger partial charge in [-0.25, -0.2) is 4.98 Å². The smallest absolute Gasteiger partial charge is 0.142 e. The van der Waals surface area contributed by atoms with E-state index in [4.69, 9.17) is 10.5 Å². The molecule has 0 radical (unpaired) electrons. The van der Waals surface area contributed by atoms with Crippen molar-refractivity contribution >= 4 is 21.7 Å². The number of aryl methyl sites for hydroxylation is 3. The van der Waals surface area contributed by atoms with E-state index in [-0.39, 0.29) is 0 Å². The number of para-hydroxylation sites is 1. The Bertz CT molecular complexity index is 1160. The summed E-state index contributed by atoms with van der Waals surface area (Å²) in [7, 11) is 0.